The van der Waals surface area contributed by atoms with Gasteiger partial charge in [-0.15, -0.1) is 15.3 Å². The van der Waals surface area contributed by atoms with Crippen LogP contribution in [0.1, 0.15) is 11.6 Å². The molecule has 31 heavy (non-hydrogen) atoms. The number of fused-ring (bicyclic) bond motifs is 1. The van der Waals surface area contributed by atoms with Gasteiger partial charge in [-0.2, -0.15) is 22.8 Å². The van der Waals surface area contributed by atoms with E-state index in [-0.39, 0.29) is 5.65 Å². The van der Waals surface area contributed by atoms with Crippen molar-refractivity contribution < 1.29 is 13.2 Å². The molecular formula is C18H17F3N10. The van der Waals surface area contributed by atoms with Gasteiger partial charge in [0, 0.05) is 44.6 Å². The van der Waals surface area contributed by atoms with Gasteiger partial charge in [-0.3, -0.25) is 0 Å². The minimum Gasteiger partial charge on any atom is -0.353 e. The topological polar surface area (TPSA) is 93.2 Å². The number of aromatic nitrogens is 8. The third kappa shape index (κ3) is 3.62. The Morgan fingerprint density at radius 1 is 0.903 bits per heavy atom. The van der Waals surface area contributed by atoms with Crippen LogP contribution in [-0.2, 0) is 6.18 Å². The molecule has 0 atom stereocenters. The fourth-order valence-corrected chi connectivity index (χ4v) is 3.51. The molecule has 0 aromatic carbocycles. The Bertz CT molecular complexity index is 1210. The highest BCUT2D eigenvalue weighted by molar-refractivity contribution is 5.49. The van der Waals surface area contributed by atoms with Gasteiger partial charge in [0.05, 0.1) is 0 Å². The predicted octanol–water partition coefficient (Wildman–Crippen LogP) is 1.75. The molecule has 1 aliphatic rings. The second kappa shape index (κ2) is 7.18. The molecule has 4 aromatic rings. The molecule has 0 radical (unpaired) electrons. The zero-order valence-electron chi connectivity index (χ0n) is 16.4. The van der Waals surface area contributed by atoms with Crippen LogP contribution in [0.15, 0.2) is 36.7 Å². The van der Waals surface area contributed by atoms with E-state index in [0.29, 0.717) is 43.6 Å². The summed E-state index contributed by atoms with van der Waals surface area (Å²) in [7, 11) is 0. The first-order valence-electron chi connectivity index (χ1n) is 9.54. The summed E-state index contributed by atoms with van der Waals surface area (Å²) in [6, 6.07) is 6.83. The monoisotopic (exact) mass is 430 g/mol. The van der Waals surface area contributed by atoms with Crippen molar-refractivity contribution in [2.24, 2.45) is 0 Å². The fraction of sp³-hybridized carbons (Fsp3) is 0.333. The fourth-order valence-electron chi connectivity index (χ4n) is 3.51. The van der Waals surface area contributed by atoms with Crippen molar-refractivity contribution >= 4 is 17.3 Å². The number of piperazine rings is 1. The molecule has 4 aromatic heterocycles. The zero-order valence-corrected chi connectivity index (χ0v) is 16.4. The molecule has 0 N–H and O–H groups in total. The zero-order chi connectivity index (χ0) is 21.6. The molecule has 1 saturated heterocycles. The Morgan fingerprint density at radius 2 is 1.61 bits per heavy atom. The highest BCUT2D eigenvalue weighted by Gasteiger charge is 2.38. The quantitative estimate of drug-likeness (QED) is 0.486. The first-order valence-corrected chi connectivity index (χ1v) is 9.54. The summed E-state index contributed by atoms with van der Waals surface area (Å²) in [6.45, 7) is 4.22. The molecule has 0 spiro atoms. The molecular weight excluding hydrogens is 413 g/mol. The molecule has 160 valence electrons. The molecule has 1 fully saturated rings. The van der Waals surface area contributed by atoms with Gasteiger partial charge in [-0.05, 0) is 25.1 Å². The first-order chi connectivity index (χ1) is 14.9. The van der Waals surface area contributed by atoms with Crippen molar-refractivity contribution in [2.45, 2.75) is 13.1 Å². The van der Waals surface area contributed by atoms with Gasteiger partial charge in [0.1, 0.15) is 17.5 Å². The van der Waals surface area contributed by atoms with E-state index in [4.69, 9.17) is 0 Å². The van der Waals surface area contributed by atoms with Gasteiger partial charge < -0.3 is 9.80 Å². The number of hydrogen-bond donors (Lipinski definition) is 0. The third-order valence-electron chi connectivity index (χ3n) is 4.98. The predicted molar refractivity (Wildman–Crippen MR) is 104 cm³/mol. The number of aryl methyl sites for hydroxylation is 1. The lowest BCUT2D eigenvalue weighted by molar-refractivity contribution is -0.146. The molecule has 5 rings (SSSR count). The van der Waals surface area contributed by atoms with E-state index in [1.54, 1.807) is 16.9 Å². The highest BCUT2D eigenvalue weighted by Crippen LogP contribution is 2.28. The smallest absolute Gasteiger partial charge is 0.353 e. The number of rotatable bonds is 3. The summed E-state index contributed by atoms with van der Waals surface area (Å²) >= 11 is 0. The molecule has 1 aliphatic heterocycles. The standard InChI is InChI=1S/C18H17F3N10/c1-12-23-15(11-16(24-12)30-6-2-5-22-30)29-9-7-28(8-10-29)14-4-3-13-25-26-17(18(19,20)21)31(13)27-14/h2-6,11H,7-10H2,1H3. The second-order valence-corrected chi connectivity index (χ2v) is 7.04. The SMILES string of the molecule is Cc1nc(N2CCN(c3ccc4nnc(C(F)(F)F)n4n3)CC2)cc(-n2cccn2)n1. The molecule has 0 unspecified atom stereocenters. The maximum Gasteiger partial charge on any atom is 0.453 e. The Kier molecular flexibility index (Phi) is 4.45. The van der Waals surface area contributed by atoms with Gasteiger partial charge in [-0.25, -0.2) is 14.6 Å². The maximum atomic E-state index is 13.1. The van der Waals surface area contributed by atoms with Crippen LogP contribution < -0.4 is 9.80 Å². The Balaban J connectivity index is 1.35. The van der Waals surface area contributed by atoms with Crippen molar-refractivity contribution in [3.63, 3.8) is 0 Å². The lowest BCUT2D eigenvalue weighted by Crippen LogP contribution is -2.47. The highest BCUT2D eigenvalue weighted by atomic mass is 19.4. The first kappa shape index (κ1) is 19.2. The van der Waals surface area contributed by atoms with Crippen LogP contribution >= 0.6 is 0 Å². The number of nitrogens with zero attached hydrogens (tertiary/aromatic N) is 10. The summed E-state index contributed by atoms with van der Waals surface area (Å²) in [4.78, 5) is 13.0. The Labute approximate surface area is 174 Å². The summed E-state index contributed by atoms with van der Waals surface area (Å²) in [5, 5.41) is 15.1. The van der Waals surface area contributed by atoms with Crippen molar-refractivity contribution in [1.29, 1.82) is 0 Å². The van der Waals surface area contributed by atoms with E-state index >= 15 is 0 Å². The van der Waals surface area contributed by atoms with E-state index < -0.39 is 12.0 Å². The van der Waals surface area contributed by atoms with E-state index in [0.717, 1.165) is 10.3 Å². The third-order valence-corrected chi connectivity index (χ3v) is 4.98. The minimum absolute atomic E-state index is 0.0531. The molecule has 13 heteroatoms. The molecule has 0 saturated carbocycles. The number of halogens is 3. The second-order valence-electron chi connectivity index (χ2n) is 7.04. The molecule has 10 nitrogen and oxygen atoms in total. The lowest BCUT2D eigenvalue weighted by atomic mass is 10.3. The van der Waals surface area contributed by atoms with Crippen LogP contribution in [0.2, 0.25) is 0 Å². The van der Waals surface area contributed by atoms with Crippen molar-refractivity contribution in [3.05, 3.63) is 48.3 Å². The van der Waals surface area contributed by atoms with E-state index in [1.165, 1.54) is 6.07 Å². The van der Waals surface area contributed by atoms with E-state index in [2.05, 4.69) is 35.3 Å². The molecule has 0 amide bonds. The number of anilines is 2. The van der Waals surface area contributed by atoms with E-state index in [9.17, 15) is 13.2 Å². The van der Waals surface area contributed by atoms with Crippen LogP contribution in [0.4, 0.5) is 24.8 Å². The van der Waals surface area contributed by atoms with Gasteiger partial charge in [0.2, 0.25) is 0 Å². The van der Waals surface area contributed by atoms with Gasteiger partial charge >= 0.3 is 6.18 Å². The number of alkyl halides is 3. The van der Waals surface area contributed by atoms with Crippen LogP contribution in [-0.4, -0.2) is 65.7 Å². The molecule has 0 aliphatic carbocycles. The normalized spacial score (nSPS) is 15.1. The maximum absolute atomic E-state index is 13.1. The van der Waals surface area contributed by atoms with Crippen LogP contribution in [0.25, 0.3) is 11.5 Å². The largest absolute Gasteiger partial charge is 0.453 e. The summed E-state index contributed by atoms with van der Waals surface area (Å²) < 4.78 is 41.8. The van der Waals surface area contributed by atoms with Gasteiger partial charge in [0.25, 0.3) is 5.82 Å². The van der Waals surface area contributed by atoms with Crippen LogP contribution in [0.3, 0.4) is 0 Å². The van der Waals surface area contributed by atoms with E-state index in [1.807, 2.05) is 30.2 Å². The van der Waals surface area contributed by atoms with Gasteiger partial charge in [-0.1, -0.05) is 0 Å². The summed E-state index contributed by atoms with van der Waals surface area (Å²) in [5.74, 6) is 1.39. The lowest BCUT2D eigenvalue weighted by Gasteiger charge is -2.36. The molecule has 0 bridgehead atoms. The average molecular weight is 430 g/mol. The van der Waals surface area contributed by atoms with Gasteiger partial charge in [0.15, 0.2) is 11.5 Å². The summed E-state index contributed by atoms with van der Waals surface area (Å²) in [5.41, 5.74) is 0.0531. The summed E-state index contributed by atoms with van der Waals surface area (Å²) in [6.07, 6.45) is -1.13. The van der Waals surface area contributed by atoms with Crippen molar-refractivity contribution in [2.75, 3.05) is 36.0 Å². The van der Waals surface area contributed by atoms with Crippen molar-refractivity contribution in [3.8, 4) is 5.82 Å². The Morgan fingerprint density at radius 3 is 2.29 bits per heavy atom. The van der Waals surface area contributed by atoms with Crippen LogP contribution in [0.5, 0.6) is 0 Å². The van der Waals surface area contributed by atoms with Crippen molar-refractivity contribution in [1.82, 2.24) is 39.6 Å². The van der Waals surface area contributed by atoms with Crippen LogP contribution in [0, 0.1) is 6.92 Å². The number of hydrogen-bond acceptors (Lipinski definition) is 8. The Hall–Kier alpha value is -3.77. The average Bonchev–Trinajstić information content (AvgIpc) is 3.43. The minimum atomic E-state index is -4.62. The molecule has 5 heterocycles.